The summed E-state index contributed by atoms with van der Waals surface area (Å²) in [4.78, 5) is 12.5. The second kappa shape index (κ2) is 6.28. The van der Waals surface area contributed by atoms with Gasteiger partial charge >= 0.3 is 0 Å². The largest absolute Gasteiger partial charge is 0.294 e. The highest BCUT2D eigenvalue weighted by Gasteiger charge is 2.29. The number of hydrogen-bond acceptors (Lipinski definition) is 1. The van der Waals surface area contributed by atoms with E-state index in [0.29, 0.717) is 21.5 Å². The molecular weight excluding hydrogens is 279 g/mol. The Morgan fingerprint density at radius 2 is 1.79 bits per heavy atom. The summed E-state index contributed by atoms with van der Waals surface area (Å²) in [6, 6.07) is 5.29. The Hall–Kier alpha value is -0.530. The molecule has 1 aliphatic carbocycles. The number of halogens is 2. The van der Waals surface area contributed by atoms with Gasteiger partial charge in [-0.1, -0.05) is 43.1 Å². The maximum Gasteiger partial charge on any atom is 0.167 e. The fourth-order valence-corrected chi connectivity index (χ4v) is 3.36. The Balaban J connectivity index is 2.07. The second-order valence-electron chi connectivity index (χ2n) is 5.82. The first kappa shape index (κ1) is 14.9. The molecule has 0 atom stereocenters. The molecule has 1 aromatic carbocycles. The number of carbonyl (C=O) groups is 1. The third kappa shape index (κ3) is 3.32. The van der Waals surface area contributed by atoms with Crippen molar-refractivity contribution >= 4 is 29.0 Å². The van der Waals surface area contributed by atoms with E-state index in [1.807, 2.05) is 0 Å². The molecule has 1 saturated carbocycles. The lowest BCUT2D eigenvalue weighted by Crippen LogP contribution is -2.24. The quantitative estimate of drug-likeness (QED) is 0.660. The van der Waals surface area contributed by atoms with Crippen LogP contribution >= 0.6 is 23.2 Å². The van der Waals surface area contributed by atoms with Crippen molar-refractivity contribution in [2.24, 2.45) is 17.8 Å². The van der Waals surface area contributed by atoms with E-state index in [1.54, 1.807) is 18.2 Å². The standard InChI is InChI=1S/C16H20Cl2O/c1-10(2)11-6-8-12(9-7-11)16(19)13-4-3-5-14(17)15(13)18/h3-5,10-12H,6-9H2,1-2H3. The summed E-state index contributed by atoms with van der Waals surface area (Å²) in [5.74, 6) is 1.75. The minimum Gasteiger partial charge on any atom is -0.294 e. The monoisotopic (exact) mass is 298 g/mol. The summed E-state index contributed by atoms with van der Waals surface area (Å²) in [6.45, 7) is 4.53. The molecule has 1 aromatic rings. The average molecular weight is 299 g/mol. The number of ketones is 1. The molecule has 0 heterocycles. The van der Waals surface area contributed by atoms with E-state index in [9.17, 15) is 4.79 Å². The lowest BCUT2D eigenvalue weighted by molar-refractivity contribution is 0.0859. The first-order valence-corrected chi connectivity index (χ1v) is 7.74. The van der Waals surface area contributed by atoms with Gasteiger partial charge in [-0.15, -0.1) is 0 Å². The van der Waals surface area contributed by atoms with Gasteiger partial charge in [0.15, 0.2) is 5.78 Å². The van der Waals surface area contributed by atoms with Crippen molar-refractivity contribution in [3.8, 4) is 0 Å². The van der Waals surface area contributed by atoms with E-state index in [2.05, 4.69) is 13.8 Å². The lowest BCUT2D eigenvalue weighted by Gasteiger charge is -2.30. The van der Waals surface area contributed by atoms with Gasteiger partial charge in [-0.3, -0.25) is 4.79 Å². The van der Waals surface area contributed by atoms with Crippen LogP contribution in [0.5, 0.6) is 0 Å². The van der Waals surface area contributed by atoms with Gasteiger partial charge in [0.2, 0.25) is 0 Å². The molecule has 1 fully saturated rings. The van der Waals surface area contributed by atoms with Crippen LogP contribution in [0.15, 0.2) is 18.2 Å². The first-order chi connectivity index (χ1) is 9.00. The molecule has 1 nitrogen and oxygen atoms in total. The summed E-state index contributed by atoms with van der Waals surface area (Å²) in [5, 5.41) is 0.864. The van der Waals surface area contributed by atoms with E-state index in [0.717, 1.165) is 31.6 Å². The Labute approximate surface area is 125 Å². The number of carbonyl (C=O) groups excluding carboxylic acids is 1. The molecule has 19 heavy (non-hydrogen) atoms. The van der Waals surface area contributed by atoms with Crippen LogP contribution in [-0.2, 0) is 0 Å². The van der Waals surface area contributed by atoms with Crippen molar-refractivity contribution in [2.75, 3.05) is 0 Å². The van der Waals surface area contributed by atoms with Crippen molar-refractivity contribution in [1.82, 2.24) is 0 Å². The topological polar surface area (TPSA) is 17.1 Å². The van der Waals surface area contributed by atoms with E-state index >= 15 is 0 Å². The van der Waals surface area contributed by atoms with E-state index in [4.69, 9.17) is 23.2 Å². The van der Waals surface area contributed by atoms with Crippen LogP contribution in [0.3, 0.4) is 0 Å². The van der Waals surface area contributed by atoms with Gasteiger partial charge in [-0.2, -0.15) is 0 Å². The Morgan fingerprint density at radius 3 is 2.37 bits per heavy atom. The third-order valence-electron chi connectivity index (χ3n) is 4.30. The number of hydrogen-bond donors (Lipinski definition) is 0. The number of Topliss-reactive ketones (excluding diaryl/α,β-unsaturated/α-hetero) is 1. The van der Waals surface area contributed by atoms with Gasteiger partial charge in [0.25, 0.3) is 0 Å². The molecule has 104 valence electrons. The third-order valence-corrected chi connectivity index (χ3v) is 5.12. The van der Waals surface area contributed by atoms with Crippen LogP contribution in [0.1, 0.15) is 49.9 Å². The second-order valence-corrected chi connectivity index (χ2v) is 6.61. The van der Waals surface area contributed by atoms with Crippen LogP contribution in [0, 0.1) is 17.8 Å². The predicted molar refractivity (Wildman–Crippen MR) is 81.1 cm³/mol. The van der Waals surface area contributed by atoms with Crippen LogP contribution in [-0.4, -0.2) is 5.78 Å². The molecule has 3 heteroatoms. The van der Waals surface area contributed by atoms with E-state index in [1.165, 1.54) is 0 Å². The molecule has 0 amide bonds. The minimum atomic E-state index is 0.117. The average Bonchev–Trinajstić information content (AvgIpc) is 2.41. The zero-order valence-corrected chi connectivity index (χ0v) is 13.0. The Bertz CT molecular complexity index is 460. The lowest BCUT2D eigenvalue weighted by atomic mass is 9.75. The molecule has 0 N–H and O–H groups in total. The SMILES string of the molecule is CC(C)C1CCC(C(=O)c2cccc(Cl)c2Cl)CC1. The zero-order valence-electron chi connectivity index (χ0n) is 11.5. The van der Waals surface area contributed by atoms with Gasteiger partial charge in [0.05, 0.1) is 10.0 Å². The van der Waals surface area contributed by atoms with Crippen LogP contribution in [0.25, 0.3) is 0 Å². The van der Waals surface area contributed by atoms with Gasteiger partial charge in [-0.05, 0) is 49.7 Å². The van der Waals surface area contributed by atoms with E-state index < -0.39 is 0 Å². The highest BCUT2D eigenvalue weighted by Crippen LogP contribution is 2.36. The van der Waals surface area contributed by atoms with Crippen molar-refractivity contribution in [3.05, 3.63) is 33.8 Å². The van der Waals surface area contributed by atoms with Gasteiger partial charge < -0.3 is 0 Å². The molecule has 1 aliphatic rings. The van der Waals surface area contributed by atoms with Crippen LogP contribution < -0.4 is 0 Å². The van der Waals surface area contributed by atoms with Crippen molar-refractivity contribution in [1.29, 1.82) is 0 Å². The molecule has 0 saturated heterocycles. The fraction of sp³-hybridized carbons (Fsp3) is 0.562. The van der Waals surface area contributed by atoms with Gasteiger partial charge in [-0.25, -0.2) is 0 Å². The highest BCUT2D eigenvalue weighted by molar-refractivity contribution is 6.43. The molecule has 0 radical (unpaired) electrons. The van der Waals surface area contributed by atoms with Crippen molar-refractivity contribution < 1.29 is 4.79 Å². The summed E-state index contributed by atoms with van der Waals surface area (Å²) in [7, 11) is 0. The molecule has 0 aromatic heterocycles. The smallest absolute Gasteiger partial charge is 0.167 e. The van der Waals surface area contributed by atoms with Crippen LogP contribution in [0.2, 0.25) is 10.0 Å². The summed E-state index contributed by atoms with van der Waals surface area (Å²) < 4.78 is 0. The minimum absolute atomic E-state index is 0.117. The Morgan fingerprint density at radius 1 is 1.16 bits per heavy atom. The molecular formula is C16H20Cl2O. The summed E-state index contributed by atoms with van der Waals surface area (Å²) >= 11 is 12.1. The van der Waals surface area contributed by atoms with Gasteiger partial charge in [0.1, 0.15) is 0 Å². The summed E-state index contributed by atoms with van der Waals surface area (Å²) in [5.41, 5.74) is 0.585. The van der Waals surface area contributed by atoms with E-state index in [-0.39, 0.29) is 11.7 Å². The molecule has 0 bridgehead atoms. The number of rotatable bonds is 3. The van der Waals surface area contributed by atoms with Gasteiger partial charge in [0, 0.05) is 11.5 Å². The molecule has 0 aliphatic heterocycles. The zero-order chi connectivity index (χ0) is 14.0. The maximum atomic E-state index is 12.5. The first-order valence-electron chi connectivity index (χ1n) is 6.99. The normalized spacial score (nSPS) is 23.6. The Kier molecular flexibility index (Phi) is 4.92. The molecule has 0 unspecified atom stereocenters. The van der Waals surface area contributed by atoms with Crippen molar-refractivity contribution in [2.45, 2.75) is 39.5 Å². The van der Waals surface area contributed by atoms with Crippen LogP contribution in [0.4, 0.5) is 0 Å². The predicted octanol–water partition coefficient (Wildman–Crippen LogP) is 5.64. The molecule has 0 spiro atoms. The maximum absolute atomic E-state index is 12.5. The van der Waals surface area contributed by atoms with Crippen molar-refractivity contribution in [3.63, 3.8) is 0 Å². The molecule has 2 rings (SSSR count). The number of benzene rings is 1. The fourth-order valence-electron chi connectivity index (χ4n) is 2.96. The highest BCUT2D eigenvalue weighted by atomic mass is 35.5. The summed E-state index contributed by atoms with van der Waals surface area (Å²) in [6.07, 6.45) is 4.24.